The van der Waals surface area contributed by atoms with Crippen LogP contribution in [0.15, 0.2) is 16.5 Å². The molecule has 1 heterocycles. The van der Waals surface area contributed by atoms with Gasteiger partial charge in [0.2, 0.25) is 5.76 Å². The van der Waals surface area contributed by atoms with Crippen LogP contribution in [0.2, 0.25) is 0 Å². The van der Waals surface area contributed by atoms with Crippen molar-refractivity contribution < 1.29 is 19.1 Å². The number of aliphatic hydroxyl groups is 1. The van der Waals surface area contributed by atoms with Gasteiger partial charge in [-0.2, -0.15) is 0 Å². The first kappa shape index (κ1) is 15.1. The minimum atomic E-state index is -0.583. The van der Waals surface area contributed by atoms with E-state index >= 15 is 0 Å². The van der Waals surface area contributed by atoms with Crippen LogP contribution in [0.25, 0.3) is 0 Å². The van der Waals surface area contributed by atoms with Crippen molar-refractivity contribution in [1.29, 1.82) is 0 Å². The van der Waals surface area contributed by atoms with E-state index in [0.29, 0.717) is 12.3 Å². The summed E-state index contributed by atoms with van der Waals surface area (Å²) in [5.74, 6) is 0.442. The third-order valence-corrected chi connectivity index (χ3v) is 4.16. The molecule has 1 saturated carbocycles. The summed E-state index contributed by atoms with van der Waals surface area (Å²) in [5, 5.41) is 10.4. The number of hydrogen-bond acceptors (Lipinski definition) is 5. The van der Waals surface area contributed by atoms with E-state index in [-0.39, 0.29) is 11.8 Å². The maximum atomic E-state index is 11.4. The highest BCUT2D eigenvalue weighted by Crippen LogP contribution is 2.32. The molecule has 1 N–H and O–H groups in total. The van der Waals surface area contributed by atoms with E-state index in [1.54, 1.807) is 12.1 Å². The Morgan fingerprint density at radius 1 is 1.50 bits per heavy atom. The maximum Gasteiger partial charge on any atom is 0.373 e. The third-order valence-electron chi connectivity index (χ3n) is 4.16. The molecular formula is C15H23NO4. The quantitative estimate of drug-likeness (QED) is 0.839. The average Bonchev–Trinajstić information content (AvgIpc) is 3.06. The summed E-state index contributed by atoms with van der Waals surface area (Å²) >= 11 is 0. The summed E-state index contributed by atoms with van der Waals surface area (Å²) < 4.78 is 10.1. The van der Waals surface area contributed by atoms with Crippen LogP contribution >= 0.6 is 0 Å². The smallest absolute Gasteiger partial charge is 0.373 e. The summed E-state index contributed by atoms with van der Waals surface area (Å²) in [5.41, 5.74) is -0.583. The molecular weight excluding hydrogens is 258 g/mol. The predicted molar refractivity (Wildman–Crippen MR) is 74.5 cm³/mol. The molecule has 5 nitrogen and oxygen atoms in total. The molecule has 1 aromatic rings. The normalized spacial score (nSPS) is 19.2. The van der Waals surface area contributed by atoms with Crippen LogP contribution in [0, 0.1) is 0 Å². The van der Waals surface area contributed by atoms with Gasteiger partial charge in [0.1, 0.15) is 5.76 Å². The lowest BCUT2D eigenvalue weighted by molar-refractivity contribution is 0.00448. The lowest BCUT2D eigenvalue weighted by atomic mass is 10.0. The van der Waals surface area contributed by atoms with Gasteiger partial charge in [-0.1, -0.05) is 12.8 Å². The molecule has 1 fully saturated rings. The fourth-order valence-electron chi connectivity index (χ4n) is 2.80. The van der Waals surface area contributed by atoms with E-state index in [9.17, 15) is 9.90 Å². The second-order valence-electron chi connectivity index (χ2n) is 5.72. The number of hydrogen-bond donors (Lipinski definition) is 1. The molecule has 0 aliphatic heterocycles. The van der Waals surface area contributed by atoms with Gasteiger partial charge in [0.15, 0.2) is 0 Å². The van der Waals surface area contributed by atoms with E-state index in [0.717, 1.165) is 25.7 Å². The number of rotatable bonds is 5. The maximum absolute atomic E-state index is 11.4. The number of carbonyl (C=O) groups excluding carboxylic acids is 1. The van der Waals surface area contributed by atoms with Crippen molar-refractivity contribution in [2.75, 3.05) is 20.7 Å². The van der Waals surface area contributed by atoms with Crippen molar-refractivity contribution in [3.8, 4) is 0 Å². The van der Waals surface area contributed by atoms with Crippen LogP contribution in [0.4, 0.5) is 0 Å². The number of ether oxygens (including phenoxy) is 1. The van der Waals surface area contributed by atoms with Crippen LogP contribution in [-0.4, -0.2) is 42.3 Å². The van der Waals surface area contributed by atoms with Crippen molar-refractivity contribution in [2.24, 2.45) is 0 Å². The van der Waals surface area contributed by atoms with Gasteiger partial charge >= 0.3 is 5.97 Å². The Kier molecular flexibility index (Phi) is 4.50. The summed E-state index contributed by atoms with van der Waals surface area (Å²) in [4.78, 5) is 13.4. The van der Waals surface area contributed by atoms with Crippen molar-refractivity contribution in [3.05, 3.63) is 23.7 Å². The van der Waals surface area contributed by atoms with Crippen LogP contribution in [0.5, 0.6) is 0 Å². The minimum Gasteiger partial charge on any atom is -0.463 e. The largest absolute Gasteiger partial charge is 0.463 e. The second kappa shape index (κ2) is 5.97. The third kappa shape index (κ3) is 3.22. The molecule has 5 heteroatoms. The van der Waals surface area contributed by atoms with Gasteiger partial charge in [-0.05, 0) is 38.9 Å². The predicted octanol–water partition coefficient (Wildman–Crippen LogP) is 2.36. The molecule has 1 aliphatic rings. The second-order valence-corrected chi connectivity index (χ2v) is 5.72. The fraction of sp³-hybridized carbons (Fsp3) is 0.667. The van der Waals surface area contributed by atoms with Crippen molar-refractivity contribution >= 4 is 5.97 Å². The van der Waals surface area contributed by atoms with Crippen LogP contribution in [-0.2, 0) is 4.74 Å². The molecule has 0 spiro atoms. The summed E-state index contributed by atoms with van der Waals surface area (Å²) in [7, 11) is 3.29. The SMILES string of the molecule is COC(=O)c1ccc(C(C)N(C)CC2(O)CCCC2)o1. The highest BCUT2D eigenvalue weighted by atomic mass is 16.5. The molecule has 0 saturated heterocycles. The van der Waals surface area contributed by atoms with E-state index in [4.69, 9.17) is 4.42 Å². The van der Waals surface area contributed by atoms with Gasteiger partial charge in [-0.15, -0.1) is 0 Å². The van der Waals surface area contributed by atoms with Gasteiger partial charge in [0, 0.05) is 6.54 Å². The minimum absolute atomic E-state index is 0.00182. The van der Waals surface area contributed by atoms with Gasteiger partial charge in [-0.25, -0.2) is 4.79 Å². The first-order chi connectivity index (χ1) is 9.45. The van der Waals surface area contributed by atoms with E-state index in [1.165, 1.54) is 7.11 Å². The summed E-state index contributed by atoms with van der Waals surface area (Å²) in [6.07, 6.45) is 3.89. The molecule has 0 amide bonds. The Morgan fingerprint density at radius 2 is 2.15 bits per heavy atom. The van der Waals surface area contributed by atoms with E-state index < -0.39 is 11.6 Å². The molecule has 1 aromatic heterocycles. The summed E-state index contributed by atoms with van der Waals surface area (Å²) in [6, 6.07) is 3.40. The topological polar surface area (TPSA) is 62.9 Å². The van der Waals surface area contributed by atoms with E-state index in [1.807, 2.05) is 14.0 Å². The highest BCUT2D eigenvalue weighted by Gasteiger charge is 2.33. The zero-order valence-electron chi connectivity index (χ0n) is 12.4. The number of furan rings is 1. The molecule has 1 atom stereocenters. The molecule has 1 unspecified atom stereocenters. The lowest BCUT2D eigenvalue weighted by Crippen LogP contribution is -2.40. The first-order valence-corrected chi connectivity index (χ1v) is 7.06. The average molecular weight is 281 g/mol. The molecule has 112 valence electrons. The monoisotopic (exact) mass is 281 g/mol. The molecule has 0 radical (unpaired) electrons. The zero-order chi connectivity index (χ0) is 14.8. The number of nitrogens with zero attached hydrogens (tertiary/aromatic N) is 1. The van der Waals surface area contributed by atoms with Crippen LogP contribution < -0.4 is 0 Å². The van der Waals surface area contributed by atoms with Gasteiger partial charge in [0.05, 0.1) is 18.8 Å². The van der Waals surface area contributed by atoms with Gasteiger partial charge in [-0.3, -0.25) is 4.90 Å². The Balaban J connectivity index is 2.01. The molecule has 1 aliphatic carbocycles. The Hall–Kier alpha value is -1.33. The van der Waals surface area contributed by atoms with Crippen molar-refractivity contribution in [2.45, 2.75) is 44.2 Å². The molecule has 20 heavy (non-hydrogen) atoms. The molecule has 2 rings (SSSR count). The lowest BCUT2D eigenvalue weighted by Gasteiger charge is -2.31. The number of likely N-dealkylation sites (N-methyl/N-ethyl adjacent to an activating group) is 1. The Bertz CT molecular complexity index is 462. The number of carbonyl (C=O) groups is 1. The molecule has 0 aromatic carbocycles. The Morgan fingerprint density at radius 3 is 2.75 bits per heavy atom. The van der Waals surface area contributed by atoms with E-state index in [2.05, 4.69) is 9.64 Å². The highest BCUT2D eigenvalue weighted by molar-refractivity contribution is 5.86. The number of methoxy groups -OCH3 is 1. The zero-order valence-corrected chi connectivity index (χ0v) is 12.4. The molecule has 0 bridgehead atoms. The van der Waals surface area contributed by atoms with Gasteiger partial charge < -0.3 is 14.3 Å². The summed E-state index contributed by atoms with van der Waals surface area (Å²) in [6.45, 7) is 2.61. The van der Waals surface area contributed by atoms with Crippen molar-refractivity contribution in [1.82, 2.24) is 4.90 Å². The van der Waals surface area contributed by atoms with Crippen LogP contribution in [0.1, 0.15) is 55.0 Å². The first-order valence-electron chi connectivity index (χ1n) is 7.06. The van der Waals surface area contributed by atoms with Gasteiger partial charge in [0.25, 0.3) is 0 Å². The Labute approximate surface area is 119 Å². The fourth-order valence-corrected chi connectivity index (χ4v) is 2.80. The van der Waals surface area contributed by atoms with Crippen molar-refractivity contribution in [3.63, 3.8) is 0 Å². The standard InChI is InChI=1S/C15H23NO4/c1-11(12-6-7-13(20-12)14(17)19-3)16(2)10-15(18)8-4-5-9-15/h6-7,11,18H,4-5,8-10H2,1-3H3. The number of esters is 1. The van der Waals surface area contributed by atoms with Crippen LogP contribution in [0.3, 0.4) is 0 Å².